The summed E-state index contributed by atoms with van der Waals surface area (Å²) in [6.07, 6.45) is 4.54. The predicted octanol–water partition coefficient (Wildman–Crippen LogP) is -0.0123. The molecule has 7 heteroatoms. The number of hydrogen-bond acceptors (Lipinski definition) is 5. The molecule has 0 radical (unpaired) electrons. The Morgan fingerprint density at radius 1 is 1.39 bits per heavy atom. The number of aromatic nitrogens is 2. The van der Waals surface area contributed by atoms with Crippen molar-refractivity contribution in [1.82, 2.24) is 14.9 Å². The molecule has 0 aliphatic heterocycles. The van der Waals surface area contributed by atoms with Crippen LogP contribution in [0, 0.1) is 0 Å². The van der Waals surface area contributed by atoms with Gasteiger partial charge in [-0.1, -0.05) is 6.08 Å². The van der Waals surface area contributed by atoms with Crippen molar-refractivity contribution < 1.29 is 14.7 Å². The molecule has 0 saturated heterocycles. The summed E-state index contributed by atoms with van der Waals surface area (Å²) in [6, 6.07) is 1.63. The van der Waals surface area contributed by atoms with Gasteiger partial charge in [-0.3, -0.25) is 19.8 Å². The van der Waals surface area contributed by atoms with E-state index in [1.165, 1.54) is 23.4 Å². The predicted molar refractivity (Wildman–Crippen MR) is 64.9 cm³/mol. The van der Waals surface area contributed by atoms with Crippen molar-refractivity contribution in [1.29, 1.82) is 0 Å². The Bertz CT molecular complexity index is 422. The van der Waals surface area contributed by atoms with Gasteiger partial charge in [0.25, 0.3) is 0 Å². The molecule has 0 aliphatic rings. The number of nitrogens with zero attached hydrogens (tertiary/aromatic N) is 3. The zero-order chi connectivity index (χ0) is 13.4. The summed E-state index contributed by atoms with van der Waals surface area (Å²) >= 11 is 0. The van der Waals surface area contributed by atoms with Crippen LogP contribution >= 0.6 is 0 Å². The van der Waals surface area contributed by atoms with E-state index in [2.05, 4.69) is 21.9 Å². The molecule has 18 heavy (non-hydrogen) atoms. The minimum atomic E-state index is -0.999. The van der Waals surface area contributed by atoms with Crippen LogP contribution in [-0.2, 0) is 9.59 Å². The van der Waals surface area contributed by atoms with Crippen LogP contribution in [0.2, 0.25) is 0 Å². The number of aliphatic carboxylic acids is 1. The molecule has 1 amide bonds. The molecule has 1 heterocycles. The van der Waals surface area contributed by atoms with Gasteiger partial charge in [0.05, 0.1) is 13.1 Å². The van der Waals surface area contributed by atoms with E-state index >= 15 is 0 Å². The lowest BCUT2D eigenvalue weighted by Crippen LogP contribution is -2.37. The maximum atomic E-state index is 11.6. The molecule has 96 valence electrons. The van der Waals surface area contributed by atoms with Crippen molar-refractivity contribution in [2.75, 3.05) is 25.0 Å². The molecule has 0 bridgehead atoms. The Labute approximate surface area is 104 Å². The van der Waals surface area contributed by atoms with E-state index in [-0.39, 0.29) is 24.9 Å². The van der Waals surface area contributed by atoms with Gasteiger partial charge >= 0.3 is 5.97 Å². The molecule has 0 unspecified atom stereocenters. The maximum Gasteiger partial charge on any atom is 0.317 e. The summed E-state index contributed by atoms with van der Waals surface area (Å²) in [5.74, 6) is -1.18. The second kappa shape index (κ2) is 7.13. The smallest absolute Gasteiger partial charge is 0.317 e. The maximum absolute atomic E-state index is 11.6. The van der Waals surface area contributed by atoms with Crippen molar-refractivity contribution in [2.24, 2.45) is 0 Å². The topological polar surface area (TPSA) is 95.4 Å². The highest BCUT2D eigenvalue weighted by Gasteiger charge is 2.13. The third kappa shape index (κ3) is 5.17. The largest absolute Gasteiger partial charge is 0.480 e. The minimum absolute atomic E-state index is 0.0590. The Morgan fingerprint density at radius 2 is 2.06 bits per heavy atom. The fourth-order valence-corrected chi connectivity index (χ4v) is 1.29. The first-order chi connectivity index (χ1) is 8.61. The highest BCUT2D eigenvalue weighted by Crippen LogP contribution is 1.96. The number of hydrogen-bond donors (Lipinski definition) is 2. The van der Waals surface area contributed by atoms with Crippen molar-refractivity contribution >= 4 is 17.8 Å². The van der Waals surface area contributed by atoms with Crippen molar-refractivity contribution in [2.45, 2.75) is 0 Å². The Hall–Kier alpha value is -2.28. The van der Waals surface area contributed by atoms with E-state index in [0.717, 1.165) is 0 Å². The number of rotatable bonds is 7. The zero-order valence-electron chi connectivity index (χ0n) is 9.74. The lowest BCUT2D eigenvalue weighted by molar-refractivity contribution is -0.138. The van der Waals surface area contributed by atoms with Gasteiger partial charge in [-0.15, -0.1) is 6.58 Å². The van der Waals surface area contributed by atoms with Gasteiger partial charge in [-0.2, -0.15) is 0 Å². The van der Waals surface area contributed by atoms with E-state index in [1.807, 2.05) is 0 Å². The molecule has 1 rings (SSSR count). The van der Waals surface area contributed by atoms with E-state index in [1.54, 1.807) is 6.07 Å². The Balaban J connectivity index is 2.50. The molecular weight excluding hydrogens is 236 g/mol. The number of amides is 1. The second-order valence-corrected chi connectivity index (χ2v) is 3.47. The van der Waals surface area contributed by atoms with E-state index in [9.17, 15) is 9.59 Å². The summed E-state index contributed by atoms with van der Waals surface area (Å²) in [4.78, 5) is 31.3. The normalized spacial score (nSPS) is 10.1. The van der Waals surface area contributed by atoms with Gasteiger partial charge in [0.1, 0.15) is 0 Å². The summed E-state index contributed by atoms with van der Waals surface area (Å²) in [6.45, 7) is 3.54. The molecule has 0 aromatic carbocycles. The van der Waals surface area contributed by atoms with E-state index in [4.69, 9.17) is 5.11 Å². The van der Waals surface area contributed by atoms with Crippen LogP contribution in [0.4, 0.5) is 5.95 Å². The first-order valence-corrected chi connectivity index (χ1v) is 5.23. The number of carbonyl (C=O) groups excluding carboxylic acids is 1. The van der Waals surface area contributed by atoms with Crippen LogP contribution in [0.3, 0.4) is 0 Å². The number of carbonyl (C=O) groups is 2. The highest BCUT2D eigenvalue weighted by atomic mass is 16.4. The molecule has 1 aromatic heterocycles. The quantitative estimate of drug-likeness (QED) is 0.661. The van der Waals surface area contributed by atoms with Crippen LogP contribution in [0.1, 0.15) is 0 Å². The molecular formula is C11H14N4O3. The average Bonchev–Trinajstić information content (AvgIpc) is 2.29. The zero-order valence-corrected chi connectivity index (χ0v) is 9.74. The lowest BCUT2D eigenvalue weighted by Gasteiger charge is -2.17. The van der Waals surface area contributed by atoms with Gasteiger partial charge in [-0.25, -0.2) is 9.97 Å². The molecule has 0 saturated carbocycles. The molecule has 0 spiro atoms. The van der Waals surface area contributed by atoms with Gasteiger partial charge in [0.2, 0.25) is 11.9 Å². The number of carboxylic acid groups (broad SMARTS) is 1. The summed E-state index contributed by atoms with van der Waals surface area (Å²) in [5, 5.41) is 11.2. The van der Waals surface area contributed by atoms with Gasteiger partial charge in [0.15, 0.2) is 0 Å². The second-order valence-electron chi connectivity index (χ2n) is 3.47. The number of carboxylic acids is 1. The van der Waals surface area contributed by atoms with Crippen LogP contribution in [0.25, 0.3) is 0 Å². The van der Waals surface area contributed by atoms with Gasteiger partial charge in [0, 0.05) is 18.9 Å². The van der Waals surface area contributed by atoms with Crippen LogP contribution in [0.15, 0.2) is 31.1 Å². The van der Waals surface area contributed by atoms with Crippen molar-refractivity contribution in [3.8, 4) is 0 Å². The fourth-order valence-electron chi connectivity index (χ4n) is 1.29. The van der Waals surface area contributed by atoms with Gasteiger partial charge < -0.3 is 5.11 Å². The Kier molecular flexibility index (Phi) is 5.46. The third-order valence-electron chi connectivity index (χ3n) is 1.93. The lowest BCUT2D eigenvalue weighted by atomic mass is 10.4. The number of anilines is 1. The SMILES string of the molecule is C=CCN(CC(=O)O)CC(=O)Nc1ncccn1. The van der Waals surface area contributed by atoms with Crippen LogP contribution in [-0.4, -0.2) is 51.5 Å². The van der Waals surface area contributed by atoms with Crippen LogP contribution < -0.4 is 5.32 Å². The molecule has 0 fully saturated rings. The molecule has 1 aromatic rings. The molecule has 0 aliphatic carbocycles. The Morgan fingerprint density at radius 3 is 2.61 bits per heavy atom. The highest BCUT2D eigenvalue weighted by molar-refractivity contribution is 5.90. The van der Waals surface area contributed by atoms with E-state index in [0.29, 0.717) is 6.54 Å². The van der Waals surface area contributed by atoms with Crippen LogP contribution in [0.5, 0.6) is 0 Å². The minimum Gasteiger partial charge on any atom is -0.480 e. The van der Waals surface area contributed by atoms with Crippen molar-refractivity contribution in [3.05, 3.63) is 31.1 Å². The third-order valence-corrected chi connectivity index (χ3v) is 1.93. The monoisotopic (exact) mass is 250 g/mol. The number of nitrogens with one attached hydrogen (secondary N) is 1. The standard InChI is InChI=1S/C11H14N4O3/c1-2-6-15(8-10(17)18)7-9(16)14-11-12-4-3-5-13-11/h2-5H,1,6-8H2,(H,17,18)(H,12,13,14,16). The average molecular weight is 250 g/mol. The summed E-state index contributed by atoms with van der Waals surface area (Å²) in [5.41, 5.74) is 0. The summed E-state index contributed by atoms with van der Waals surface area (Å²) < 4.78 is 0. The molecule has 7 nitrogen and oxygen atoms in total. The summed E-state index contributed by atoms with van der Waals surface area (Å²) in [7, 11) is 0. The molecule has 2 N–H and O–H groups in total. The van der Waals surface area contributed by atoms with E-state index < -0.39 is 5.97 Å². The first-order valence-electron chi connectivity index (χ1n) is 5.23. The fraction of sp³-hybridized carbons (Fsp3) is 0.273. The first kappa shape index (κ1) is 13.8. The molecule has 0 atom stereocenters. The van der Waals surface area contributed by atoms with Crippen molar-refractivity contribution in [3.63, 3.8) is 0 Å². The van der Waals surface area contributed by atoms with Gasteiger partial charge in [-0.05, 0) is 6.07 Å².